The lowest BCUT2D eigenvalue weighted by Gasteiger charge is -2.31. The van der Waals surface area contributed by atoms with Gasteiger partial charge in [-0.25, -0.2) is 14.5 Å². The number of aromatic nitrogens is 6. The van der Waals surface area contributed by atoms with Gasteiger partial charge in [-0.05, 0) is 18.8 Å². The van der Waals surface area contributed by atoms with E-state index in [1.165, 1.54) is 23.9 Å². The molecule has 2 heterocycles. The highest BCUT2D eigenvalue weighted by Gasteiger charge is 2.27. The Morgan fingerprint density at radius 1 is 1.29 bits per heavy atom. The van der Waals surface area contributed by atoms with Crippen molar-refractivity contribution < 1.29 is 0 Å². The zero-order valence-electron chi connectivity index (χ0n) is 14.7. The predicted octanol–water partition coefficient (Wildman–Crippen LogP) is 0.690. The summed E-state index contributed by atoms with van der Waals surface area (Å²) < 4.78 is 3.08. The van der Waals surface area contributed by atoms with Crippen LogP contribution in [0.15, 0.2) is 4.79 Å². The van der Waals surface area contributed by atoms with Crippen molar-refractivity contribution in [2.24, 2.45) is 20.0 Å². The molecule has 0 radical (unpaired) electrons. The fourth-order valence-corrected chi connectivity index (χ4v) is 3.54. The van der Waals surface area contributed by atoms with Crippen LogP contribution in [0.5, 0.6) is 0 Å². The molecule has 0 aromatic carbocycles. The summed E-state index contributed by atoms with van der Waals surface area (Å²) in [6, 6.07) is 0.422. The molecular formula is C16H27N7O. The topological polar surface area (TPSA) is 93.4 Å². The average Bonchev–Trinajstić information content (AvgIpc) is 3.15. The molecule has 2 aromatic heterocycles. The van der Waals surface area contributed by atoms with E-state index in [1.807, 2.05) is 0 Å². The van der Waals surface area contributed by atoms with Gasteiger partial charge in [-0.1, -0.05) is 19.8 Å². The Morgan fingerprint density at radius 2 is 2.08 bits per heavy atom. The predicted molar refractivity (Wildman–Crippen MR) is 90.5 cm³/mol. The molecule has 2 atom stereocenters. The highest BCUT2D eigenvalue weighted by Crippen LogP contribution is 2.27. The molecular weight excluding hydrogens is 306 g/mol. The summed E-state index contributed by atoms with van der Waals surface area (Å²) in [5.41, 5.74) is -0.0564. The Hall–Kier alpha value is -1.96. The van der Waals surface area contributed by atoms with Crippen molar-refractivity contribution in [2.45, 2.75) is 58.0 Å². The van der Waals surface area contributed by atoms with E-state index in [0.29, 0.717) is 18.5 Å². The quantitative estimate of drug-likeness (QED) is 0.811. The van der Waals surface area contributed by atoms with E-state index in [0.717, 1.165) is 36.7 Å². The summed E-state index contributed by atoms with van der Waals surface area (Å²) in [6.45, 7) is 2.75. The standard InChI is InChI=1S/C16H27N7O/c1-4-13-18-14(20-19-13)10-17-12-8-6-5-7-11(12)9-15-21-23(3)16(24)22(15)2/h11-12,17H,4-10H2,1-3H3,(H,18,19,20)/t11-,12-/m1/s1. The smallest absolute Gasteiger partial charge is 0.307 e. The van der Waals surface area contributed by atoms with Crippen LogP contribution < -0.4 is 11.0 Å². The van der Waals surface area contributed by atoms with Crippen molar-refractivity contribution in [3.63, 3.8) is 0 Å². The van der Waals surface area contributed by atoms with Crippen LogP contribution in [0.1, 0.15) is 50.1 Å². The molecule has 0 spiro atoms. The third kappa shape index (κ3) is 3.58. The van der Waals surface area contributed by atoms with Gasteiger partial charge in [-0.2, -0.15) is 10.2 Å². The van der Waals surface area contributed by atoms with Gasteiger partial charge in [-0.15, -0.1) is 0 Å². The van der Waals surface area contributed by atoms with Gasteiger partial charge in [-0.3, -0.25) is 9.67 Å². The second-order valence-electron chi connectivity index (χ2n) is 6.67. The third-order valence-corrected chi connectivity index (χ3v) is 5.00. The van der Waals surface area contributed by atoms with Gasteiger partial charge in [0.2, 0.25) is 0 Å². The molecule has 0 aliphatic heterocycles. The number of hydrogen-bond acceptors (Lipinski definition) is 5. The number of aryl methyl sites for hydroxylation is 2. The van der Waals surface area contributed by atoms with Crippen LogP contribution in [0, 0.1) is 5.92 Å². The minimum Gasteiger partial charge on any atom is -0.307 e. The van der Waals surface area contributed by atoms with E-state index in [9.17, 15) is 4.79 Å². The normalized spacial score (nSPS) is 21.3. The summed E-state index contributed by atoms with van der Waals surface area (Å²) in [7, 11) is 3.51. The van der Waals surface area contributed by atoms with Crippen LogP contribution in [-0.4, -0.2) is 35.6 Å². The second-order valence-corrected chi connectivity index (χ2v) is 6.67. The van der Waals surface area contributed by atoms with E-state index < -0.39 is 0 Å². The second kappa shape index (κ2) is 7.29. The lowest BCUT2D eigenvalue weighted by molar-refractivity contribution is 0.253. The molecule has 2 N–H and O–H groups in total. The minimum atomic E-state index is -0.0564. The Morgan fingerprint density at radius 3 is 2.75 bits per heavy atom. The number of nitrogens with one attached hydrogen (secondary N) is 2. The molecule has 0 unspecified atom stereocenters. The van der Waals surface area contributed by atoms with Gasteiger partial charge >= 0.3 is 5.69 Å². The zero-order valence-corrected chi connectivity index (χ0v) is 14.7. The monoisotopic (exact) mass is 333 g/mol. The van der Waals surface area contributed by atoms with Crippen molar-refractivity contribution in [2.75, 3.05) is 0 Å². The number of hydrogen-bond donors (Lipinski definition) is 2. The highest BCUT2D eigenvalue weighted by atomic mass is 16.2. The molecule has 1 aliphatic rings. The van der Waals surface area contributed by atoms with Crippen LogP contribution in [0.3, 0.4) is 0 Å². The van der Waals surface area contributed by atoms with Gasteiger partial charge in [0.15, 0.2) is 0 Å². The van der Waals surface area contributed by atoms with Crippen LogP contribution in [0.2, 0.25) is 0 Å². The van der Waals surface area contributed by atoms with Gasteiger partial charge in [0.1, 0.15) is 17.5 Å². The maximum atomic E-state index is 11.9. The lowest BCUT2D eigenvalue weighted by Crippen LogP contribution is -2.39. The molecule has 132 valence electrons. The minimum absolute atomic E-state index is 0.0564. The maximum absolute atomic E-state index is 11.9. The fraction of sp³-hybridized carbons (Fsp3) is 0.750. The zero-order chi connectivity index (χ0) is 17.1. The highest BCUT2D eigenvalue weighted by molar-refractivity contribution is 4.95. The summed E-state index contributed by atoms with van der Waals surface area (Å²) in [5, 5.41) is 15.2. The molecule has 2 aromatic rings. The van der Waals surface area contributed by atoms with Gasteiger partial charge in [0.25, 0.3) is 0 Å². The number of rotatable bonds is 6. The van der Waals surface area contributed by atoms with Crippen molar-refractivity contribution in [3.8, 4) is 0 Å². The first-order chi connectivity index (χ1) is 11.6. The molecule has 3 rings (SSSR count). The van der Waals surface area contributed by atoms with Crippen molar-refractivity contribution in [3.05, 3.63) is 28.0 Å². The van der Waals surface area contributed by atoms with E-state index in [-0.39, 0.29) is 5.69 Å². The van der Waals surface area contributed by atoms with Gasteiger partial charge < -0.3 is 5.32 Å². The van der Waals surface area contributed by atoms with Crippen molar-refractivity contribution >= 4 is 0 Å². The summed E-state index contributed by atoms with van der Waals surface area (Å²) in [5.74, 6) is 3.11. The maximum Gasteiger partial charge on any atom is 0.345 e. The first kappa shape index (κ1) is 16.9. The lowest BCUT2D eigenvalue weighted by atomic mass is 9.82. The summed E-state index contributed by atoms with van der Waals surface area (Å²) in [6.07, 6.45) is 6.48. The Kier molecular flexibility index (Phi) is 5.13. The van der Waals surface area contributed by atoms with Crippen LogP contribution in [0.4, 0.5) is 0 Å². The SMILES string of the molecule is CCc1n[nH]c(CN[C@@H]2CCCC[C@@H]2Cc2nn(C)c(=O)n2C)n1. The van der Waals surface area contributed by atoms with Gasteiger partial charge in [0, 0.05) is 33.0 Å². The third-order valence-electron chi connectivity index (χ3n) is 5.00. The summed E-state index contributed by atoms with van der Waals surface area (Å²) in [4.78, 5) is 16.3. The summed E-state index contributed by atoms with van der Waals surface area (Å²) >= 11 is 0. The molecule has 24 heavy (non-hydrogen) atoms. The molecule has 1 fully saturated rings. The molecule has 8 heteroatoms. The first-order valence-corrected chi connectivity index (χ1v) is 8.81. The fourth-order valence-electron chi connectivity index (χ4n) is 3.54. The van der Waals surface area contributed by atoms with Crippen LogP contribution >= 0.6 is 0 Å². The number of H-pyrrole nitrogens is 1. The number of nitrogens with zero attached hydrogens (tertiary/aromatic N) is 5. The molecule has 0 saturated heterocycles. The Labute approximate surface area is 141 Å². The first-order valence-electron chi connectivity index (χ1n) is 8.81. The molecule has 0 bridgehead atoms. The molecule has 1 saturated carbocycles. The van der Waals surface area contributed by atoms with Crippen LogP contribution in [0.25, 0.3) is 0 Å². The van der Waals surface area contributed by atoms with Crippen LogP contribution in [-0.2, 0) is 33.5 Å². The Bertz CT molecular complexity index is 729. The van der Waals surface area contributed by atoms with Crippen molar-refractivity contribution in [1.82, 2.24) is 34.8 Å². The largest absolute Gasteiger partial charge is 0.345 e. The molecule has 1 aliphatic carbocycles. The molecule has 0 amide bonds. The van der Waals surface area contributed by atoms with E-state index in [4.69, 9.17) is 0 Å². The Balaban J connectivity index is 1.64. The van der Waals surface area contributed by atoms with E-state index in [2.05, 4.69) is 32.5 Å². The van der Waals surface area contributed by atoms with Crippen molar-refractivity contribution in [1.29, 1.82) is 0 Å². The van der Waals surface area contributed by atoms with Gasteiger partial charge in [0.05, 0.1) is 6.54 Å². The average molecular weight is 333 g/mol. The number of aromatic amines is 1. The molecule has 8 nitrogen and oxygen atoms in total. The van der Waals surface area contributed by atoms with E-state index in [1.54, 1.807) is 18.7 Å². The van der Waals surface area contributed by atoms with E-state index >= 15 is 0 Å².